The van der Waals surface area contributed by atoms with Crippen LogP contribution in [-0.4, -0.2) is 31.4 Å². The van der Waals surface area contributed by atoms with Gasteiger partial charge in [0.05, 0.1) is 9.77 Å². The van der Waals surface area contributed by atoms with E-state index in [-0.39, 0.29) is 19.9 Å². The van der Waals surface area contributed by atoms with Crippen molar-refractivity contribution in [2.24, 2.45) is 5.92 Å². The molecule has 0 bridgehead atoms. The van der Waals surface area contributed by atoms with E-state index in [1.54, 1.807) is 18.2 Å². The summed E-state index contributed by atoms with van der Waals surface area (Å²) in [6.07, 6.45) is 0.293. The zero-order valence-electron chi connectivity index (χ0n) is 13.8. The molecule has 1 unspecified atom stereocenters. The Labute approximate surface area is 150 Å². The summed E-state index contributed by atoms with van der Waals surface area (Å²) in [7, 11) is -3.69. The van der Waals surface area contributed by atoms with Crippen LogP contribution in [0.4, 0.5) is 0 Å². The van der Waals surface area contributed by atoms with Gasteiger partial charge >= 0.3 is 5.97 Å². The molecule has 134 valence electrons. The molecule has 2 N–H and O–H groups in total. The first-order valence-corrected chi connectivity index (χ1v) is 9.95. The smallest absolute Gasteiger partial charge is 0.326 e. The van der Waals surface area contributed by atoms with Crippen LogP contribution in [0.3, 0.4) is 0 Å². The van der Waals surface area contributed by atoms with Crippen LogP contribution in [0.15, 0.2) is 51.6 Å². The van der Waals surface area contributed by atoms with Gasteiger partial charge < -0.3 is 10.4 Å². The van der Waals surface area contributed by atoms with Crippen molar-refractivity contribution in [2.75, 3.05) is 0 Å². The van der Waals surface area contributed by atoms with Crippen LogP contribution in [0.25, 0.3) is 0 Å². The van der Waals surface area contributed by atoms with Gasteiger partial charge in [-0.25, -0.2) is 13.2 Å². The standard InChI is InChI=1S/C17H19NO5S2/c1-11(2)10-13(17(20)21)18-16(19)14-8-9-15(24-14)25(22,23)12-6-4-3-5-7-12/h3-9,11,13H,10H2,1-2H3,(H,18,19)(H,20,21). The Hall–Kier alpha value is -2.19. The predicted molar refractivity (Wildman–Crippen MR) is 94.6 cm³/mol. The molecule has 1 heterocycles. The molecule has 2 rings (SSSR count). The van der Waals surface area contributed by atoms with E-state index in [4.69, 9.17) is 0 Å². The van der Waals surface area contributed by atoms with Crippen LogP contribution < -0.4 is 5.32 Å². The third kappa shape index (κ3) is 4.67. The van der Waals surface area contributed by atoms with Crippen molar-refractivity contribution in [3.8, 4) is 0 Å². The maximum Gasteiger partial charge on any atom is 0.326 e. The summed E-state index contributed by atoms with van der Waals surface area (Å²) in [4.78, 5) is 23.8. The molecule has 0 saturated carbocycles. The highest BCUT2D eigenvalue weighted by Gasteiger charge is 2.25. The van der Waals surface area contributed by atoms with Gasteiger partial charge in [-0.3, -0.25) is 4.79 Å². The number of nitrogens with one attached hydrogen (secondary N) is 1. The Kier molecular flexibility index (Phi) is 5.97. The van der Waals surface area contributed by atoms with Crippen LogP contribution in [-0.2, 0) is 14.6 Å². The number of hydrogen-bond donors (Lipinski definition) is 2. The van der Waals surface area contributed by atoms with Gasteiger partial charge in [-0.05, 0) is 36.6 Å². The SMILES string of the molecule is CC(C)CC(NC(=O)c1ccc(S(=O)(=O)c2ccccc2)s1)C(=O)O. The summed E-state index contributed by atoms with van der Waals surface area (Å²) < 4.78 is 25.1. The number of sulfone groups is 1. The van der Waals surface area contributed by atoms with Crippen molar-refractivity contribution in [3.05, 3.63) is 47.3 Å². The van der Waals surface area contributed by atoms with Crippen LogP contribution in [0.2, 0.25) is 0 Å². The number of rotatable bonds is 7. The molecule has 0 saturated heterocycles. The van der Waals surface area contributed by atoms with Crippen molar-refractivity contribution in [1.82, 2.24) is 5.32 Å². The lowest BCUT2D eigenvalue weighted by Gasteiger charge is -2.15. The first-order valence-electron chi connectivity index (χ1n) is 7.65. The van der Waals surface area contributed by atoms with E-state index >= 15 is 0 Å². The van der Waals surface area contributed by atoms with Crippen molar-refractivity contribution >= 4 is 33.1 Å². The number of aliphatic carboxylic acids is 1. The second-order valence-corrected chi connectivity index (χ2v) is 9.19. The molecule has 0 aliphatic carbocycles. The largest absolute Gasteiger partial charge is 0.480 e. The molecule has 6 nitrogen and oxygen atoms in total. The lowest BCUT2D eigenvalue weighted by molar-refractivity contribution is -0.139. The van der Waals surface area contributed by atoms with Gasteiger partial charge in [0.2, 0.25) is 9.84 Å². The summed E-state index contributed by atoms with van der Waals surface area (Å²) in [6, 6.07) is 9.67. The number of hydrogen-bond acceptors (Lipinski definition) is 5. The number of thiophene rings is 1. The highest BCUT2D eigenvalue weighted by molar-refractivity contribution is 7.93. The molecule has 0 spiro atoms. The number of carboxylic acid groups (broad SMARTS) is 1. The average molecular weight is 381 g/mol. The molecule has 8 heteroatoms. The van der Waals surface area contributed by atoms with E-state index in [0.29, 0.717) is 6.42 Å². The summed E-state index contributed by atoms with van der Waals surface area (Å²) in [5.74, 6) is -1.61. The van der Waals surface area contributed by atoms with Crippen molar-refractivity contribution in [1.29, 1.82) is 0 Å². The van der Waals surface area contributed by atoms with Crippen LogP contribution in [0.5, 0.6) is 0 Å². The number of benzene rings is 1. The Morgan fingerprint density at radius 3 is 2.32 bits per heavy atom. The molecule has 1 amide bonds. The van der Waals surface area contributed by atoms with Crippen molar-refractivity contribution < 1.29 is 23.1 Å². The minimum atomic E-state index is -3.69. The summed E-state index contributed by atoms with van der Waals surface area (Å²) in [6.45, 7) is 3.72. The van der Waals surface area contributed by atoms with Crippen molar-refractivity contribution in [3.63, 3.8) is 0 Å². The molecule has 0 aliphatic rings. The fraction of sp³-hybridized carbons (Fsp3) is 0.294. The Morgan fingerprint density at radius 2 is 1.76 bits per heavy atom. The second kappa shape index (κ2) is 7.79. The number of carbonyl (C=O) groups is 2. The van der Waals surface area contributed by atoms with Crippen molar-refractivity contribution in [2.45, 2.75) is 35.4 Å². The zero-order chi connectivity index (χ0) is 18.6. The second-order valence-electron chi connectivity index (χ2n) is 5.93. The number of carboxylic acids is 1. The lowest BCUT2D eigenvalue weighted by atomic mass is 10.0. The van der Waals surface area contributed by atoms with E-state index < -0.39 is 27.8 Å². The Balaban J connectivity index is 2.20. The van der Waals surface area contributed by atoms with Gasteiger partial charge in [-0.2, -0.15) is 0 Å². The zero-order valence-corrected chi connectivity index (χ0v) is 15.4. The van der Waals surface area contributed by atoms with E-state index in [1.807, 2.05) is 13.8 Å². The van der Waals surface area contributed by atoms with Gasteiger partial charge in [0.1, 0.15) is 10.3 Å². The van der Waals surface area contributed by atoms with E-state index in [1.165, 1.54) is 24.3 Å². The maximum atomic E-state index is 12.5. The Bertz CT molecular complexity index is 856. The highest BCUT2D eigenvalue weighted by Crippen LogP contribution is 2.27. The third-order valence-corrected chi connectivity index (χ3v) is 6.78. The van der Waals surface area contributed by atoms with E-state index in [0.717, 1.165) is 11.3 Å². The molecule has 2 aromatic rings. The fourth-order valence-electron chi connectivity index (χ4n) is 2.22. The minimum Gasteiger partial charge on any atom is -0.480 e. The number of amides is 1. The number of carbonyl (C=O) groups excluding carboxylic acids is 1. The molecule has 1 aromatic heterocycles. The molecule has 0 aliphatic heterocycles. The van der Waals surface area contributed by atoms with Gasteiger partial charge in [-0.15, -0.1) is 11.3 Å². The van der Waals surface area contributed by atoms with Gasteiger partial charge in [0, 0.05) is 0 Å². The topological polar surface area (TPSA) is 101 Å². The maximum absolute atomic E-state index is 12.5. The minimum absolute atomic E-state index is 0.0413. The molecular weight excluding hydrogens is 362 g/mol. The van der Waals surface area contributed by atoms with Gasteiger partial charge in [0.15, 0.2) is 0 Å². The molecule has 0 radical (unpaired) electrons. The molecule has 25 heavy (non-hydrogen) atoms. The lowest BCUT2D eigenvalue weighted by Crippen LogP contribution is -2.41. The first-order chi connectivity index (χ1) is 11.7. The fourth-order valence-corrected chi connectivity index (χ4v) is 4.86. The highest BCUT2D eigenvalue weighted by atomic mass is 32.2. The molecule has 1 atom stereocenters. The monoisotopic (exact) mass is 381 g/mol. The Morgan fingerprint density at radius 1 is 1.12 bits per heavy atom. The van der Waals surface area contributed by atoms with Crippen LogP contribution >= 0.6 is 11.3 Å². The first kappa shape index (κ1) is 19.1. The van der Waals surface area contributed by atoms with Gasteiger partial charge in [0.25, 0.3) is 5.91 Å². The molecule has 1 aromatic carbocycles. The van der Waals surface area contributed by atoms with Gasteiger partial charge in [-0.1, -0.05) is 32.0 Å². The molecule has 0 fully saturated rings. The summed E-state index contributed by atoms with van der Waals surface area (Å²) >= 11 is 0.822. The summed E-state index contributed by atoms with van der Waals surface area (Å²) in [5, 5.41) is 11.6. The normalized spacial score (nSPS) is 12.8. The van der Waals surface area contributed by atoms with Crippen LogP contribution in [0.1, 0.15) is 29.9 Å². The summed E-state index contributed by atoms with van der Waals surface area (Å²) in [5.41, 5.74) is 0. The quantitative estimate of drug-likeness (QED) is 0.768. The predicted octanol–water partition coefficient (Wildman–Crippen LogP) is 2.81. The molecular formula is C17H19NO5S2. The average Bonchev–Trinajstić information content (AvgIpc) is 3.05. The van der Waals surface area contributed by atoms with E-state index in [9.17, 15) is 23.1 Å². The van der Waals surface area contributed by atoms with Crippen LogP contribution in [0, 0.1) is 5.92 Å². The third-order valence-electron chi connectivity index (χ3n) is 3.43. The van der Waals surface area contributed by atoms with E-state index in [2.05, 4.69) is 5.32 Å².